The molecule has 0 amide bonds. The fourth-order valence-corrected chi connectivity index (χ4v) is 2.62. The summed E-state index contributed by atoms with van der Waals surface area (Å²) >= 11 is 0. The molecule has 1 aliphatic heterocycles. The first-order valence-corrected chi connectivity index (χ1v) is 6.41. The normalized spacial score (nSPS) is 26.4. The van der Waals surface area contributed by atoms with Crippen molar-refractivity contribution in [3.05, 3.63) is 0 Å². The summed E-state index contributed by atoms with van der Waals surface area (Å²) in [6.45, 7) is 5.62. The predicted molar refractivity (Wildman–Crippen MR) is 66.7 cm³/mol. The van der Waals surface area contributed by atoms with E-state index in [4.69, 9.17) is 10.9 Å². The lowest BCUT2D eigenvalue weighted by Crippen LogP contribution is -2.43. The van der Waals surface area contributed by atoms with Crippen LogP contribution in [0, 0.1) is 0 Å². The second-order valence-corrected chi connectivity index (χ2v) is 4.79. The molecule has 1 heterocycles. The van der Waals surface area contributed by atoms with Crippen LogP contribution in [0.15, 0.2) is 5.16 Å². The number of hydrogen-bond acceptors (Lipinski definition) is 3. The van der Waals surface area contributed by atoms with Crippen LogP contribution in [-0.2, 0) is 0 Å². The Bertz CT molecular complexity index is 230. The zero-order chi connectivity index (χ0) is 12.0. The van der Waals surface area contributed by atoms with E-state index >= 15 is 0 Å². The van der Waals surface area contributed by atoms with Crippen molar-refractivity contribution in [1.82, 2.24) is 4.90 Å². The van der Waals surface area contributed by atoms with E-state index in [1.54, 1.807) is 0 Å². The maximum absolute atomic E-state index is 8.64. The molecule has 0 aromatic rings. The van der Waals surface area contributed by atoms with E-state index in [1.165, 1.54) is 25.7 Å². The van der Waals surface area contributed by atoms with Gasteiger partial charge in [0.05, 0.1) is 0 Å². The minimum absolute atomic E-state index is 0.350. The summed E-state index contributed by atoms with van der Waals surface area (Å²) in [5.41, 5.74) is 5.61. The van der Waals surface area contributed by atoms with Crippen molar-refractivity contribution in [2.24, 2.45) is 10.9 Å². The van der Waals surface area contributed by atoms with Gasteiger partial charge in [-0.15, -0.1) is 0 Å². The van der Waals surface area contributed by atoms with Gasteiger partial charge in [0.2, 0.25) is 0 Å². The van der Waals surface area contributed by atoms with E-state index in [0.29, 0.717) is 24.3 Å². The van der Waals surface area contributed by atoms with E-state index in [-0.39, 0.29) is 0 Å². The lowest BCUT2D eigenvalue weighted by Gasteiger charge is -2.34. The highest BCUT2D eigenvalue weighted by Crippen LogP contribution is 2.21. The second-order valence-electron chi connectivity index (χ2n) is 4.79. The molecule has 3 N–H and O–H groups in total. The van der Waals surface area contributed by atoms with Gasteiger partial charge in [-0.05, 0) is 32.7 Å². The molecule has 1 fully saturated rings. The second kappa shape index (κ2) is 6.74. The average Bonchev–Trinajstić information content (AvgIpc) is 2.50. The quantitative estimate of drug-likeness (QED) is 0.335. The molecular weight excluding hydrogens is 202 g/mol. The molecule has 0 radical (unpaired) electrons. The lowest BCUT2D eigenvalue weighted by atomic mass is 10.1. The van der Waals surface area contributed by atoms with Gasteiger partial charge in [-0.3, -0.25) is 4.90 Å². The number of amidine groups is 1. The zero-order valence-corrected chi connectivity index (χ0v) is 10.5. The molecule has 0 spiro atoms. The van der Waals surface area contributed by atoms with Crippen molar-refractivity contribution in [1.29, 1.82) is 0 Å². The molecule has 0 aliphatic carbocycles. The molecule has 0 bridgehead atoms. The third-order valence-corrected chi connectivity index (χ3v) is 3.62. The Hall–Kier alpha value is -0.770. The minimum atomic E-state index is 0.350. The summed E-state index contributed by atoms with van der Waals surface area (Å²) in [5, 5.41) is 11.7. The summed E-state index contributed by atoms with van der Waals surface area (Å²) in [6, 6.07) is 1.04. The van der Waals surface area contributed by atoms with Gasteiger partial charge in [-0.2, -0.15) is 0 Å². The van der Waals surface area contributed by atoms with E-state index in [0.717, 1.165) is 13.0 Å². The maximum Gasteiger partial charge on any atom is 0.140 e. The predicted octanol–water partition coefficient (Wildman–Crippen LogP) is 2.17. The van der Waals surface area contributed by atoms with Crippen LogP contribution < -0.4 is 5.73 Å². The zero-order valence-electron chi connectivity index (χ0n) is 10.5. The Balaban J connectivity index is 2.61. The summed E-state index contributed by atoms with van der Waals surface area (Å²) < 4.78 is 0. The van der Waals surface area contributed by atoms with Gasteiger partial charge in [0.25, 0.3) is 0 Å². The molecule has 1 rings (SSSR count). The fraction of sp³-hybridized carbons (Fsp3) is 0.917. The number of oxime groups is 1. The molecule has 4 heteroatoms. The molecule has 0 saturated carbocycles. The van der Waals surface area contributed by atoms with Crippen molar-refractivity contribution in [2.45, 2.75) is 64.5 Å². The Morgan fingerprint density at radius 2 is 2.25 bits per heavy atom. The van der Waals surface area contributed by atoms with Crippen LogP contribution in [-0.4, -0.2) is 34.6 Å². The number of nitrogens with two attached hydrogens (primary N) is 1. The van der Waals surface area contributed by atoms with Crippen LogP contribution in [0.25, 0.3) is 0 Å². The van der Waals surface area contributed by atoms with Crippen LogP contribution >= 0.6 is 0 Å². The number of rotatable bonds is 4. The van der Waals surface area contributed by atoms with Gasteiger partial charge in [-0.25, -0.2) is 0 Å². The van der Waals surface area contributed by atoms with Gasteiger partial charge < -0.3 is 10.9 Å². The highest BCUT2D eigenvalue weighted by atomic mass is 16.4. The Kier molecular flexibility index (Phi) is 5.60. The topological polar surface area (TPSA) is 61.9 Å². The first-order chi connectivity index (χ1) is 7.69. The van der Waals surface area contributed by atoms with E-state index in [1.807, 2.05) is 0 Å². The minimum Gasteiger partial charge on any atom is -0.409 e. The highest BCUT2D eigenvalue weighted by molar-refractivity contribution is 5.80. The molecule has 1 aliphatic rings. The molecule has 4 nitrogen and oxygen atoms in total. The van der Waals surface area contributed by atoms with Gasteiger partial charge in [0.1, 0.15) is 5.84 Å². The summed E-state index contributed by atoms with van der Waals surface area (Å²) in [5.74, 6) is 0.350. The summed E-state index contributed by atoms with van der Waals surface area (Å²) in [6.07, 6.45) is 6.94. The monoisotopic (exact) mass is 227 g/mol. The van der Waals surface area contributed by atoms with Crippen LogP contribution in [0.1, 0.15) is 52.4 Å². The maximum atomic E-state index is 8.64. The highest BCUT2D eigenvalue weighted by Gasteiger charge is 2.24. The van der Waals surface area contributed by atoms with E-state index in [9.17, 15) is 0 Å². The Labute approximate surface area is 98.5 Å². The Morgan fingerprint density at radius 3 is 2.88 bits per heavy atom. The van der Waals surface area contributed by atoms with Crippen LogP contribution in [0.2, 0.25) is 0 Å². The van der Waals surface area contributed by atoms with Gasteiger partial charge in [0.15, 0.2) is 0 Å². The fourth-order valence-electron chi connectivity index (χ4n) is 2.62. The van der Waals surface area contributed by atoms with Crippen LogP contribution in [0.3, 0.4) is 0 Å². The van der Waals surface area contributed by atoms with Crippen molar-refractivity contribution >= 4 is 5.84 Å². The van der Waals surface area contributed by atoms with Crippen LogP contribution in [0.4, 0.5) is 0 Å². The molecule has 0 aromatic carbocycles. The number of hydrogen-bond donors (Lipinski definition) is 2. The largest absolute Gasteiger partial charge is 0.409 e. The van der Waals surface area contributed by atoms with Gasteiger partial charge in [-0.1, -0.05) is 24.9 Å². The molecule has 0 aromatic heterocycles. The van der Waals surface area contributed by atoms with Crippen molar-refractivity contribution in [2.75, 3.05) is 6.54 Å². The molecule has 16 heavy (non-hydrogen) atoms. The Morgan fingerprint density at radius 1 is 1.50 bits per heavy atom. The smallest absolute Gasteiger partial charge is 0.140 e. The van der Waals surface area contributed by atoms with E-state index < -0.39 is 0 Å². The standard InChI is InChI=1S/C12H25N3O/c1-3-11(9-12(13)14-16)15-8-6-4-5-7-10(15)2/h10-11,16H,3-9H2,1-2H3,(H2,13,14). The molecule has 94 valence electrons. The van der Waals surface area contributed by atoms with Crippen molar-refractivity contribution in [3.63, 3.8) is 0 Å². The number of likely N-dealkylation sites (tertiary alicyclic amines) is 1. The summed E-state index contributed by atoms with van der Waals surface area (Å²) in [4.78, 5) is 2.53. The number of nitrogens with zero attached hydrogens (tertiary/aromatic N) is 2. The first kappa shape index (κ1) is 13.3. The third-order valence-electron chi connectivity index (χ3n) is 3.62. The SMILES string of the molecule is CCC(CC(N)=NO)N1CCCCCC1C. The molecular formula is C12H25N3O. The molecule has 2 atom stereocenters. The lowest BCUT2D eigenvalue weighted by molar-refractivity contribution is 0.145. The van der Waals surface area contributed by atoms with Crippen molar-refractivity contribution in [3.8, 4) is 0 Å². The van der Waals surface area contributed by atoms with Crippen molar-refractivity contribution < 1.29 is 5.21 Å². The first-order valence-electron chi connectivity index (χ1n) is 6.41. The summed E-state index contributed by atoms with van der Waals surface area (Å²) in [7, 11) is 0. The third kappa shape index (κ3) is 3.67. The molecule has 1 saturated heterocycles. The van der Waals surface area contributed by atoms with E-state index in [2.05, 4.69) is 23.9 Å². The van der Waals surface area contributed by atoms with Gasteiger partial charge in [0, 0.05) is 18.5 Å². The van der Waals surface area contributed by atoms with Gasteiger partial charge >= 0.3 is 0 Å². The average molecular weight is 227 g/mol. The van der Waals surface area contributed by atoms with Crippen LogP contribution in [0.5, 0.6) is 0 Å². The molecule has 2 unspecified atom stereocenters.